The van der Waals surface area contributed by atoms with Crippen molar-refractivity contribution in [2.24, 2.45) is 0 Å². The molecular weight excluding hydrogens is 252 g/mol. The summed E-state index contributed by atoms with van der Waals surface area (Å²) < 4.78 is 0. The van der Waals surface area contributed by atoms with Gasteiger partial charge in [0.05, 0.1) is 0 Å². The van der Waals surface area contributed by atoms with E-state index in [9.17, 15) is 0 Å². The van der Waals surface area contributed by atoms with Crippen LogP contribution in [0.1, 0.15) is 62.3 Å². The molecule has 0 saturated heterocycles. The molecule has 0 bridgehead atoms. The van der Waals surface area contributed by atoms with E-state index in [1.54, 1.807) is 0 Å². The molecule has 0 unspecified atom stereocenters. The molecule has 0 fully saturated rings. The molecule has 0 N–H and O–H groups in total. The smallest absolute Gasteiger partial charge is 0.0231 e. The summed E-state index contributed by atoms with van der Waals surface area (Å²) in [6.07, 6.45) is 18.1. The van der Waals surface area contributed by atoms with Crippen LogP contribution in [0.4, 0.5) is 0 Å². The number of allylic oxidation sites excluding steroid dienone is 11. The lowest BCUT2D eigenvalue weighted by molar-refractivity contribution is 1.42. The van der Waals surface area contributed by atoms with Crippen LogP contribution in [0, 0.1) is 0 Å². The Bertz CT molecular complexity index is 316. The summed E-state index contributed by atoms with van der Waals surface area (Å²) in [4.78, 5) is 0. The van der Waals surface area contributed by atoms with Crippen LogP contribution in [-0.2, 0) is 0 Å². The second-order valence-electron chi connectivity index (χ2n) is 3.40. The molecule has 0 saturated carbocycles. The molecule has 0 aromatic rings. The number of hydrogen-bond acceptors (Lipinski definition) is 0. The molecule has 0 aliphatic heterocycles. The first kappa shape index (κ1) is 27.7. The van der Waals surface area contributed by atoms with Crippen molar-refractivity contribution in [1.29, 1.82) is 0 Å². The van der Waals surface area contributed by atoms with Gasteiger partial charge < -0.3 is 0 Å². The molecule has 0 spiro atoms. The van der Waals surface area contributed by atoms with Crippen LogP contribution in [0.15, 0.2) is 72.4 Å². The Morgan fingerprint density at radius 3 is 1.48 bits per heavy atom. The van der Waals surface area contributed by atoms with Gasteiger partial charge in [0.15, 0.2) is 0 Å². The lowest BCUT2D eigenvalue weighted by atomic mass is 10.1. The van der Waals surface area contributed by atoms with E-state index in [2.05, 4.69) is 25.7 Å². The van der Waals surface area contributed by atoms with Gasteiger partial charge in [0, 0.05) is 0 Å². The molecule has 21 heavy (non-hydrogen) atoms. The van der Waals surface area contributed by atoms with E-state index in [1.807, 2.05) is 97.9 Å². The summed E-state index contributed by atoms with van der Waals surface area (Å²) in [5.41, 5.74) is 2.45. The Kier molecular flexibility index (Phi) is 41.0. The minimum absolute atomic E-state index is 1.20. The fraction of sp³-hybridized carbons (Fsp3) is 0.429. The lowest BCUT2D eigenvalue weighted by Crippen LogP contribution is -1.79. The molecule has 0 rings (SSSR count). The van der Waals surface area contributed by atoms with E-state index in [-0.39, 0.29) is 0 Å². The van der Waals surface area contributed by atoms with Gasteiger partial charge in [-0.3, -0.25) is 0 Å². The van der Waals surface area contributed by atoms with Gasteiger partial charge in [-0.1, -0.05) is 89.0 Å². The van der Waals surface area contributed by atoms with E-state index in [1.165, 1.54) is 11.1 Å². The summed E-state index contributed by atoms with van der Waals surface area (Å²) >= 11 is 0. The average Bonchev–Trinajstić information content (AvgIpc) is 2.56. The van der Waals surface area contributed by atoms with E-state index in [0.717, 1.165) is 0 Å². The number of rotatable bonds is 4. The fourth-order valence-electron chi connectivity index (χ4n) is 0.962. The minimum Gasteiger partial charge on any atom is -0.0990 e. The van der Waals surface area contributed by atoms with Crippen molar-refractivity contribution < 1.29 is 0 Å². The maximum Gasteiger partial charge on any atom is -0.0231 e. The topological polar surface area (TPSA) is 0 Å². The Morgan fingerprint density at radius 2 is 1.19 bits per heavy atom. The van der Waals surface area contributed by atoms with Gasteiger partial charge in [-0.05, 0) is 45.8 Å². The molecular formula is C21H38. The van der Waals surface area contributed by atoms with Gasteiger partial charge in [-0.2, -0.15) is 0 Å². The third-order valence-electron chi connectivity index (χ3n) is 1.97. The van der Waals surface area contributed by atoms with Gasteiger partial charge in [-0.15, -0.1) is 0 Å². The minimum atomic E-state index is 1.20. The highest BCUT2D eigenvalue weighted by molar-refractivity contribution is 5.41. The van der Waals surface area contributed by atoms with Crippen molar-refractivity contribution in [3.8, 4) is 0 Å². The molecule has 0 heterocycles. The van der Waals surface area contributed by atoms with E-state index in [0.29, 0.717) is 0 Å². The summed E-state index contributed by atoms with van der Waals surface area (Å²) in [5, 5.41) is 0. The van der Waals surface area contributed by atoms with Crippen LogP contribution in [0.5, 0.6) is 0 Å². The highest BCUT2D eigenvalue weighted by atomic mass is 14.0. The third kappa shape index (κ3) is 27.6. The van der Waals surface area contributed by atoms with Gasteiger partial charge in [0.2, 0.25) is 0 Å². The van der Waals surface area contributed by atoms with E-state index in [4.69, 9.17) is 0 Å². The van der Waals surface area contributed by atoms with Crippen LogP contribution in [-0.4, -0.2) is 0 Å². The molecule has 0 aromatic carbocycles. The maximum atomic E-state index is 3.69. The molecule has 0 atom stereocenters. The van der Waals surface area contributed by atoms with Gasteiger partial charge in [0.1, 0.15) is 0 Å². The molecule has 122 valence electrons. The largest absolute Gasteiger partial charge is 0.0990 e. The molecule has 0 heteroatoms. The van der Waals surface area contributed by atoms with Crippen molar-refractivity contribution >= 4 is 0 Å². The zero-order valence-electron chi connectivity index (χ0n) is 15.9. The number of hydrogen-bond donors (Lipinski definition) is 0. The van der Waals surface area contributed by atoms with Crippen LogP contribution < -0.4 is 0 Å². The van der Waals surface area contributed by atoms with Crippen molar-refractivity contribution in [2.45, 2.75) is 62.3 Å². The third-order valence-corrected chi connectivity index (χ3v) is 1.97. The Labute approximate surface area is 135 Å². The first-order chi connectivity index (χ1) is 10.2. The Morgan fingerprint density at radius 1 is 0.714 bits per heavy atom. The highest BCUT2D eigenvalue weighted by Crippen LogP contribution is 2.11. The average molecular weight is 291 g/mol. The normalized spacial score (nSPS) is 11.3. The van der Waals surface area contributed by atoms with Crippen LogP contribution in [0.2, 0.25) is 0 Å². The van der Waals surface area contributed by atoms with Crippen LogP contribution >= 0.6 is 0 Å². The van der Waals surface area contributed by atoms with Crippen molar-refractivity contribution in [3.63, 3.8) is 0 Å². The van der Waals surface area contributed by atoms with E-state index < -0.39 is 0 Å². The molecule has 0 radical (unpaired) electrons. The Hall–Kier alpha value is -1.56. The second kappa shape index (κ2) is 31.0. The van der Waals surface area contributed by atoms with Gasteiger partial charge >= 0.3 is 0 Å². The first-order valence-electron chi connectivity index (χ1n) is 8.00. The first-order valence-corrected chi connectivity index (χ1v) is 8.00. The highest BCUT2D eigenvalue weighted by Gasteiger charge is 1.91. The molecule has 0 aliphatic rings. The summed E-state index contributed by atoms with van der Waals surface area (Å²) in [6.45, 7) is 21.8. The van der Waals surface area contributed by atoms with Gasteiger partial charge in [-0.25, -0.2) is 0 Å². The SMILES string of the molecule is C/C=C\C.C=C/C=C(\C=C/C)C(/C)=C/C=C\C.CC.CC. The molecule has 0 nitrogen and oxygen atoms in total. The predicted molar refractivity (Wildman–Crippen MR) is 105 cm³/mol. The van der Waals surface area contributed by atoms with Gasteiger partial charge in [0.25, 0.3) is 0 Å². The zero-order valence-corrected chi connectivity index (χ0v) is 15.9. The quantitative estimate of drug-likeness (QED) is 0.365. The lowest BCUT2D eigenvalue weighted by Gasteiger charge is -1.99. The molecule has 0 amide bonds. The van der Waals surface area contributed by atoms with Crippen molar-refractivity contribution in [3.05, 3.63) is 72.4 Å². The van der Waals surface area contributed by atoms with Crippen LogP contribution in [0.25, 0.3) is 0 Å². The predicted octanol–water partition coefficient (Wildman–Crippen LogP) is 7.83. The standard InChI is InChI=1S/C13H18.C4H8.2C2H6/c1-5-8-11-12(4)13(9-6-2)10-7-3;1-3-4-2;2*1-2/h5-11H,2H2,1,3-4H3;3-4H,1-2H3;2*1-2H3/b8-5-,10-7-,12-11+,13-9+;4-3-;;. The summed E-state index contributed by atoms with van der Waals surface area (Å²) in [5.74, 6) is 0. The van der Waals surface area contributed by atoms with Crippen LogP contribution in [0.3, 0.4) is 0 Å². The maximum absolute atomic E-state index is 3.69. The second-order valence-corrected chi connectivity index (χ2v) is 3.40. The Balaban J connectivity index is -0.000000151. The molecule has 0 aromatic heterocycles. The zero-order chi connectivity index (χ0) is 17.5. The summed E-state index contributed by atoms with van der Waals surface area (Å²) in [6, 6.07) is 0. The fourth-order valence-corrected chi connectivity index (χ4v) is 0.962. The van der Waals surface area contributed by atoms with E-state index >= 15 is 0 Å². The van der Waals surface area contributed by atoms with Crippen molar-refractivity contribution in [1.82, 2.24) is 0 Å². The van der Waals surface area contributed by atoms with Crippen molar-refractivity contribution in [2.75, 3.05) is 0 Å². The monoisotopic (exact) mass is 290 g/mol. The molecule has 0 aliphatic carbocycles. The summed E-state index contributed by atoms with van der Waals surface area (Å²) in [7, 11) is 0.